The summed E-state index contributed by atoms with van der Waals surface area (Å²) in [5.74, 6) is 1.31. The predicted molar refractivity (Wildman–Crippen MR) is 110 cm³/mol. The summed E-state index contributed by atoms with van der Waals surface area (Å²) in [6, 6.07) is 13.7. The van der Waals surface area contributed by atoms with Crippen molar-refractivity contribution < 1.29 is 9.53 Å². The minimum atomic E-state index is -0.0502. The van der Waals surface area contributed by atoms with E-state index in [-0.39, 0.29) is 11.8 Å². The number of methoxy groups -OCH3 is 1. The van der Waals surface area contributed by atoms with Crippen molar-refractivity contribution in [2.75, 3.05) is 7.11 Å². The molecular weight excluding hydrogens is 364 g/mol. The van der Waals surface area contributed by atoms with Gasteiger partial charge in [-0.3, -0.25) is 9.78 Å². The molecule has 6 nitrogen and oxygen atoms in total. The van der Waals surface area contributed by atoms with Crippen molar-refractivity contribution in [1.82, 2.24) is 20.3 Å². The standard InChI is InChI=1S/C23H24N4O2/c1-29-23-19-11-9-18(22(28)25-15-16-6-5-13-24-14-16)10-12-20(19)26-21(27-23)17-7-3-2-4-8-17/h2-8,13-14,18H,9-12,15H2,1H3,(H,25,28). The lowest BCUT2D eigenvalue weighted by atomic mass is 9.98. The maximum absolute atomic E-state index is 12.7. The van der Waals surface area contributed by atoms with E-state index in [9.17, 15) is 4.79 Å². The first-order valence-corrected chi connectivity index (χ1v) is 9.90. The predicted octanol–water partition coefficient (Wildman–Crippen LogP) is 3.36. The molecule has 1 atom stereocenters. The van der Waals surface area contributed by atoms with Crippen LogP contribution in [-0.2, 0) is 24.2 Å². The van der Waals surface area contributed by atoms with Gasteiger partial charge in [0.15, 0.2) is 5.82 Å². The molecule has 0 spiro atoms. The molecule has 0 aliphatic heterocycles. The molecule has 148 valence electrons. The van der Waals surface area contributed by atoms with Crippen LogP contribution < -0.4 is 10.1 Å². The molecule has 1 amide bonds. The number of hydrogen-bond acceptors (Lipinski definition) is 5. The SMILES string of the molecule is COc1nc(-c2ccccc2)nc2c1CCC(C(=O)NCc1cccnc1)CC2. The van der Waals surface area contributed by atoms with Gasteiger partial charge in [0.1, 0.15) is 0 Å². The summed E-state index contributed by atoms with van der Waals surface area (Å²) < 4.78 is 5.57. The zero-order valence-electron chi connectivity index (χ0n) is 16.5. The Morgan fingerprint density at radius 3 is 2.69 bits per heavy atom. The number of nitrogens with zero attached hydrogens (tertiary/aromatic N) is 3. The monoisotopic (exact) mass is 388 g/mol. The number of benzene rings is 1. The van der Waals surface area contributed by atoms with Crippen molar-refractivity contribution in [2.24, 2.45) is 5.92 Å². The van der Waals surface area contributed by atoms with Crippen LogP contribution in [0.2, 0.25) is 0 Å². The number of rotatable bonds is 5. The molecule has 1 aliphatic carbocycles. The fourth-order valence-electron chi connectivity index (χ4n) is 3.72. The molecular formula is C23H24N4O2. The molecule has 0 fully saturated rings. The zero-order valence-corrected chi connectivity index (χ0v) is 16.5. The molecule has 4 rings (SSSR count). The van der Waals surface area contributed by atoms with Gasteiger partial charge in [-0.25, -0.2) is 4.98 Å². The first-order valence-electron chi connectivity index (χ1n) is 9.90. The van der Waals surface area contributed by atoms with Crippen molar-refractivity contribution in [2.45, 2.75) is 32.2 Å². The molecule has 0 radical (unpaired) electrons. The second-order valence-corrected chi connectivity index (χ2v) is 7.20. The summed E-state index contributed by atoms with van der Waals surface area (Å²) in [5.41, 5.74) is 3.97. The number of aryl methyl sites for hydroxylation is 1. The van der Waals surface area contributed by atoms with Gasteiger partial charge in [0.05, 0.1) is 12.8 Å². The number of fused-ring (bicyclic) bond motifs is 1. The molecule has 2 heterocycles. The molecule has 1 aromatic carbocycles. The van der Waals surface area contributed by atoms with Gasteiger partial charge < -0.3 is 10.1 Å². The highest BCUT2D eigenvalue weighted by atomic mass is 16.5. The van der Waals surface area contributed by atoms with E-state index >= 15 is 0 Å². The van der Waals surface area contributed by atoms with Gasteiger partial charge >= 0.3 is 0 Å². The van der Waals surface area contributed by atoms with Crippen LogP contribution >= 0.6 is 0 Å². The molecule has 1 aliphatic rings. The summed E-state index contributed by atoms with van der Waals surface area (Å²) in [4.78, 5) is 26.2. The van der Waals surface area contributed by atoms with Crippen LogP contribution in [0.5, 0.6) is 5.88 Å². The van der Waals surface area contributed by atoms with Crippen molar-refractivity contribution in [3.8, 4) is 17.3 Å². The maximum atomic E-state index is 12.7. The summed E-state index contributed by atoms with van der Waals surface area (Å²) in [5, 5.41) is 3.04. The van der Waals surface area contributed by atoms with Gasteiger partial charge in [-0.1, -0.05) is 36.4 Å². The Hall–Kier alpha value is -3.28. The van der Waals surface area contributed by atoms with Crippen LogP contribution in [-0.4, -0.2) is 28.0 Å². The smallest absolute Gasteiger partial charge is 0.223 e. The third-order valence-electron chi connectivity index (χ3n) is 5.31. The van der Waals surface area contributed by atoms with Gasteiger partial charge in [-0.2, -0.15) is 4.98 Å². The lowest BCUT2D eigenvalue weighted by molar-refractivity contribution is -0.125. The molecule has 0 bridgehead atoms. The first-order chi connectivity index (χ1) is 14.2. The van der Waals surface area contributed by atoms with Crippen molar-refractivity contribution in [3.63, 3.8) is 0 Å². The van der Waals surface area contributed by atoms with Crippen LogP contribution in [0.1, 0.15) is 29.7 Å². The summed E-state index contributed by atoms with van der Waals surface area (Å²) in [6.07, 6.45) is 6.49. The molecule has 6 heteroatoms. The van der Waals surface area contributed by atoms with Crippen molar-refractivity contribution in [3.05, 3.63) is 71.7 Å². The number of carbonyl (C=O) groups excluding carboxylic acids is 1. The number of amides is 1. The van der Waals surface area contributed by atoms with E-state index in [1.54, 1.807) is 19.5 Å². The number of carbonyl (C=O) groups is 1. The maximum Gasteiger partial charge on any atom is 0.223 e. The molecule has 2 aromatic heterocycles. The number of aromatic nitrogens is 3. The second kappa shape index (κ2) is 8.82. The fraction of sp³-hybridized carbons (Fsp3) is 0.304. The number of nitrogens with one attached hydrogen (secondary N) is 1. The third kappa shape index (κ3) is 4.42. The lowest BCUT2D eigenvalue weighted by Crippen LogP contribution is -2.30. The average molecular weight is 388 g/mol. The molecule has 1 N–H and O–H groups in total. The molecule has 0 saturated heterocycles. The van der Waals surface area contributed by atoms with E-state index in [4.69, 9.17) is 9.72 Å². The molecule has 0 saturated carbocycles. The second-order valence-electron chi connectivity index (χ2n) is 7.20. The van der Waals surface area contributed by atoms with Gasteiger partial charge in [-0.05, 0) is 37.3 Å². The Morgan fingerprint density at radius 1 is 1.10 bits per heavy atom. The summed E-state index contributed by atoms with van der Waals surface area (Å²) in [7, 11) is 1.64. The average Bonchev–Trinajstić information content (AvgIpc) is 3.01. The topological polar surface area (TPSA) is 77.0 Å². The van der Waals surface area contributed by atoms with E-state index in [1.807, 2.05) is 42.5 Å². The molecule has 1 unspecified atom stereocenters. The Labute approximate surface area is 170 Å². The lowest BCUT2D eigenvalue weighted by Gasteiger charge is -2.14. The van der Waals surface area contributed by atoms with Crippen LogP contribution in [0.4, 0.5) is 0 Å². The van der Waals surface area contributed by atoms with Crippen molar-refractivity contribution in [1.29, 1.82) is 0 Å². The number of hydrogen-bond donors (Lipinski definition) is 1. The summed E-state index contributed by atoms with van der Waals surface area (Å²) in [6.45, 7) is 0.497. The van der Waals surface area contributed by atoms with E-state index in [1.165, 1.54) is 0 Å². The largest absolute Gasteiger partial charge is 0.481 e. The zero-order chi connectivity index (χ0) is 20.1. The van der Waals surface area contributed by atoms with E-state index in [0.717, 1.165) is 48.1 Å². The van der Waals surface area contributed by atoms with Gasteiger partial charge in [0.25, 0.3) is 0 Å². The van der Waals surface area contributed by atoms with Crippen LogP contribution in [0, 0.1) is 5.92 Å². The van der Waals surface area contributed by atoms with Crippen LogP contribution in [0.15, 0.2) is 54.9 Å². The van der Waals surface area contributed by atoms with Crippen molar-refractivity contribution >= 4 is 5.91 Å². The van der Waals surface area contributed by atoms with Gasteiger partial charge in [-0.15, -0.1) is 0 Å². The Balaban J connectivity index is 1.49. The fourth-order valence-corrected chi connectivity index (χ4v) is 3.72. The highest BCUT2D eigenvalue weighted by Crippen LogP contribution is 2.31. The molecule has 29 heavy (non-hydrogen) atoms. The molecule has 3 aromatic rings. The first kappa shape index (κ1) is 19.1. The minimum Gasteiger partial charge on any atom is -0.481 e. The highest BCUT2D eigenvalue weighted by Gasteiger charge is 2.26. The summed E-state index contributed by atoms with van der Waals surface area (Å²) >= 11 is 0. The normalized spacial score (nSPS) is 15.8. The van der Waals surface area contributed by atoms with Gasteiger partial charge in [0.2, 0.25) is 11.8 Å². The van der Waals surface area contributed by atoms with E-state index < -0.39 is 0 Å². The van der Waals surface area contributed by atoms with Crippen LogP contribution in [0.25, 0.3) is 11.4 Å². The Bertz CT molecular complexity index is 977. The highest BCUT2D eigenvalue weighted by molar-refractivity contribution is 5.78. The van der Waals surface area contributed by atoms with E-state index in [0.29, 0.717) is 18.2 Å². The Morgan fingerprint density at radius 2 is 1.93 bits per heavy atom. The third-order valence-corrected chi connectivity index (χ3v) is 5.31. The quantitative estimate of drug-likeness (QED) is 0.678. The Kier molecular flexibility index (Phi) is 5.79. The number of pyridine rings is 1. The van der Waals surface area contributed by atoms with Crippen LogP contribution in [0.3, 0.4) is 0 Å². The van der Waals surface area contributed by atoms with Gasteiger partial charge in [0, 0.05) is 36.0 Å². The number of ether oxygens (including phenoxy) is 1. The minimum absolute atomic E-state index is 0.0502. The van der Waals surface area contributed by atoms with E-state index in [2.05, 4.69) is 15.3 Å².